The minimum absolute atomic E-state index is 0.0338. The average Bonchev–Trinajstić information content (AvgIpc) is 3.80. The smallest absolute Gasteiger partial charge is 0.254 e. The number of hydrogen-bond acceptors (Lipinski definition) is 8. The molecular formula is C24H23N9O2. The molecule has 0 unspecified atom stereocenters. The zero-order valence-corrected chi connectivity index (χ0v) is 19.3. The number of nitrogens with zero attached hydrogens (tertiary/aromatic N) is 6. The highest BCUT2D eigenvalue weighted by atomic mass is 16.2. The molecule has 6 rings (SSSR count). The summed E-state index contributed by atoms with van der Waals surface area (Å²) in [6, 6.07) is 9.46. The third-order valence-electron chi connectivity index (χ3n) is 6.91. The van der Waals surface area contributed by atoms with Crippen molar-refractivity contribution in [1.82, 2.24) is 25.1 Å². The Morgan fingerprint density at radius 2 is 2.03 bits per heavy atom. The van der Waals surface area contributed by atoms with E-state index in [9.17, 15) is 14.9 Å². The maximum absolute atomic E-state index is 12.6. The van der Waals surface area contributed by atoms with Crippen LogP contribution in [0.2, 0.25) is 0 Å². The Balaban J connectivity index is 1.44. The first-order valence-corrected chi connectivity index (χ1v) is 11.5. The number of aromatic nitrogens is 4. The van der Waals surface area contributed by atoms with E-state index < -0.39 is 0 Å². The summed E-state index contributed by atoms with van der Waals surface area (Å²) < 4.78 is 1.75. The van der Waals surface area contributed by atoms with Gasteiger partial charge in [-0.3, -0.25) is 9.59 Å². The Morgan fingerprint density at radius 3 is 2.71 bits per heavy atom. The van der Waals surface area contributed by atoms with Crippen LogP contribution in [0.25, 0.3) is 5.69 Å². The number of nitriles is 1. The zero-order chi connectivity index (χ0) is 24.3. The van der Waals surface area contributed by atoms with Crippen molar-refractivity contribution in [3.05, 3.63) is 47.7 Å². The first kappa shape index (κ1) is 21.1. The molecule has 0 saturated heterocycles. The van der Waals surface area contributed by atoms with Gasteiger partial charge in [-0.1, -0.05) is 6.07 Å². The van der Waals surface area contributed by atoms with E-state index in [1.807, 2.05) is 31.3 Å². The summed E-state index contributed by atoms with van der Waals surface area (Å²) in [7, 11) is 3.57. The number of amides is 2. The van der Waals surface area contributed by atoms with E-state index in [0.717, 1.165) is 48.6 Å². The summed E-state index contributed by atoms with van der Waals surface area (Å²) in [6.07, 6.45) is 5.03. The van der Waals surface area contributed by atoms with Crippen LogP contribution in [0, 0.1) is 17.2 Å². The summed E-state index contributed by atoms with van der Waals surface area (Å²) in [5, 5.41) is 22.7. The highest BCUT2D eigenvalue weighted by Crippen LogP contribution is 2.57. The number of fused-ring (bicyclic) bond motifs is 4. The number of hydrogen-bond donors (Lipinski definition) is 3. The van der Waals surface area contributed by atoms with Crippen molar-refractivity contribution in [3.8, 4) is 11.8 Å². The number of para-hydroxylation sites is 1. The Labute approximate surface area is 201 Å². The van der Waals surface area contributed by atoms with E-state index in [-0.39, 0.29) is 29.1 Å². The normalized spacial score (nSPS) is 16.7. The highest BCUT2D eigenvalue weighted by Gasteiger charge is 2.55. The van der Waals surface area contributed by atoms with Crippen molar-refractivity contribution in [2.24, 2.45) is 5.92 Å². The standard InChI is InChI=1S/C24H23N9O2/c1-26-22(35)14-12-27-18(29-21(34)13-6-7-13)10-16(14)28-15-4-3-5-17-20(15)32(2)24(8-9-24)23-30-19(11-25)31-33(17)23/h3-5,10,12-13H,6-9H2,1-2H3,(H,26,35)(H2,27,28,29,34). The van der Waals surface area contributed by atoms with Gasteiger partial charge in [0.05, 0.1) is 28.3 Å². The number of pyridine rings is 1. The molecule has 35 heavy (non-hydrogen) atoms. The van der Waals surface area contributed by atoms with Gasteiger partial charge in [-0.05, 0) is 37.8 Å². The van der Waals surface area contributed by atoms with Gasteiger partial charge in [0.15, 0.2) is 5.82 Å². The summed E-state index contributed by atoms with van der Waals surface area (Å²) in [4.78, 5) is 35.8. The molecule has 1 aromatic carbocycles. The number of carbonyl (C=O) groups excluding carboxylic acids is 2. The molecule has 3 heterocycles. The summed E-state index contributed by atoms with van der Waals surface area (Å²) in [6.45, 7) is 0. The Morgan fingerprint density at radius 1 is 1.23 bits per heavy atom. The molecule has 2 saturated carbocycles. The van der Waals surface area contributed by atoms with Gasteiger partial charge in [-0.25, -0.2) is 9.67 Å². The molecule has 3 aliphatic rings. The topological polar surface area (TPSA) is 141 Å². The number of anilines is 4. The quantitative estimate of drug-likeness (QED) is 0.517. The Bertz CT molecular complexity index is 1430. The number of carbonyl (C=O) groups is 2. The van der Waals surface area contributed by atoms with Crippen LogP contribution in [0.15, 0.2) is 30.5 Å². The number of rotatable bonds is 5. The molecule has 0 atom stereocenters. The van der Waals surface area contributed by atoms with Crippen LogP contribution in [-0.2, 0) is 10.3 Å². The zero-order valence-electron chi connectivity index (χ0n) is 19.3. The van der Waals surface area contributed by atoms with Gasteiger partial charge >= 0.3 is 0 Å². The molecule has 2 aromatic heterocycles. The van der Waals surface area contributed by atoms with Gasteiger partial charge in [0.2, 0.25) is 5.91 Å². The van der Waals surface area contributed by atoms with E-state index in [1.165, 1.54) is 6.20 Å². The fourth-order valence-corrected chi connectivity index (χ4v) is 4.69. The molecule has 176 valence electrons. The molecule has 3 aromatic rings. The van der Waals surface area contributed by atoms with Crippen LogP contribution in [0.1, 0.15) is 47.7 Å². The molecule has 2 amide bonds. The molecule has 11 heteroatoms. The molecule has 3 N–H and O–H groups in total. The Kier molecular flexibility index (Phi) is 4.54. The second kappa shape index (κ2) is 7.53. The summed E-state index contributed by atoms with van der Waals surface area (Å²) in [5.74, 6) is 0.960. The fraction of sp³-hybridized carbons (Fsp3) is 0.333. The lowest BCUT2D eigenvalue weighted by molar-refractivity contribution is -0.117. The van der Waals surface area contributed by atoms with Crippen molar-refractivity contribution in [2.75, 3.05) is 29.6 Å². The minimum Gasteiger partial charge on any atom is -0.358 e. The molecule has 1 spiro atoms. The van der Waals surface area contributed by atoms with Gasteiger partial charge in [0, 0.05) is 32.3 Å². The molecule has 1 aliphatic heterocycles. The molecule has 2 fully saturated rings. The largest absolute Gasteiger partial charge is 0.358 e. The van der Waals surface area contributed by atoms with Crippen LogP contribution < -0.4 is 20.9 Å². The fourth-order valence-electron chi connectivity index (χ4n) is 4.69. The monoisotopic (exact) mass is 469 g/mol. The van der Waals surface area contributed by atoms with Gasteiger partial charge in [0.25, 0.3) is 11.7 Å². The van der Waals surface area contributed by atoms with E-state index in [0.29, 0.717) is 17.1 Å². The highest BCUT2D eigenvalue weighted by molar-refractivity contribution is 6.02. The third-order valence-corrected chi connectivity index (χ3v) is 6.91. The summed E-state index contributed by atoms with van der Waals surface area (Å²) >= 11 is 0. The van der Waals surface area contributed by atoms with Crippen molar-refractivity contribution in [2.45, 2.75) is 31.2 Å². The minimum atomic E-state index is -0.321. The first-order valence-electron chi connectivity index (χ1n) is 11.5. The van der Waals surface area contributed by atoms with E-state index in [1.54, 1.807) is 17.8 Å². The maximum Gasteiger partial charge on any atom is 0.254 e. The second-order valence-corrected chi connectivity index (χ2v) is 9.13. The average molecular weight is 470 g/mol. The van der Waals surface area contributed by atoms with Crippen molar-refractivity contribution >= 4 is 34.7 Å². The van der Waals surface area contributed by atoms with Gasteiger partial charge < -0.3 is 20.9 Å². The SMILES string of the molecule is CNC(=O)c1cnc(NC(=O)C2CC2)cc1Nc1cccc2c1N(C)C1(CC1)c1nc(C#N)nn1-2. The molecule has 0 bridgehead atoms. The summed E-state index contributed by atoms with van der Waals surface area (Å²) in [5.41, 5.74) is 2.97. The Hall–Kier alpha value is -4.46. The van der Waals surface area contributed by atoms with Crippen LogP contribution in [-0.4, -0.2) is 45.7 Å². The second-order valence-electron chi connectivity index (χ2n) is 9.13. The van der Waals surface area contributed by atoms with Crippen LogP contribution in [0.3, 0.4) is 0 Å². The molecule has 2 aliphatic carbocycles. The third kappa shape index (κ3) is 3.29. The van der Waals surface area contributed by atoms with Gasteiger partial charge in [-0.15, -0.1) is 5.10 Å². The molecule has 11 nitrogen and oxygen atoms in total. The first-order chi connectivity index (χ1) is 16.9. The lowest BCUT2D eigenvalue weighted by Crippen LogP contribution is -2.39. The molecule has 0 radical (unpaired) electrons. The van der Waals surface area contributed by atoms with Crippen molar-refractivity contribution < 1.29 is 9.59 Å². The van der Waals surface area contributed by atoms with Crippen LogP contribution in [0.5, 0.6) is 0 Å². The van der Waals surface area contributed by atoms with Gasteiger partial charge in [-0.2, -0.15) is 10.2 Å². The van der Waals surface area contributed by atoms with E-state index in [2.05, 4.69) is 35.9 Å². The number of nitrogens with one attached hydrogen (secondary N) is 3. The van der Waals surface area contributed by atoms with E-state index in [4.69, 9.17) is 0 Å². The molecular weight excluding hydrogens is 446 g/mol. The predicted octanol–water partition coefficient (Wildman–Crippen LogP) is 2.42. The number of benzene rings is 1. The lowest BCUT2D eigenvalue weighted by atomic mass is 10.1. The van der Waals surface area contributed by atoms with Crippen molar-refractivity contribution in [1.29, 1.82) is 5.26 Å². The van der Waals surface area contributed by atoms with Crippen LogP contribution >= 0.6 is 0 Å². The van der Waals surface area contributed by atoms with Crippen LogP contribution in [0.4, 0.5) is 22.9 Å². The van der Waals surface area contributed by atoms with Crippen molar-refractivity contribution in [3.63, 3.8) is 0 Å². The van der Waals surface area contributed by atoms with E-state index >= 15 is 0 Å². The van der Waals surface area contributed by atoms with Gasteiger partial charge in [0.1, 0.15) is 17.4 Å². The predicted molar refractivity (Wildman–Crippen MR) is 128 cm³/mol. The maximum atomic E-state index is 12.6. The lowest BCUT2D eigenvalue weighted by Gasteiger charge is -2.37.